The number of hydrogen-bond donors (Lipinski definition) is 0. The van der Waals surface area contributed by atoms with Crippen LogP contribution in [-0.2, 0) is 4.79 Å². The number of carbonyl (C=O) groups is 1. The normalized spacial score (nSPS) is 19.2. The Kier molecular flexibility index (Phi) is 4.52. The van der Waals surface area contributed by atoms with E-state index < -0.39 is 0 Å². The summed E-state index contributed by atoms with van der Waals surface area (Å²) in [6.07, 6.45) is 2.03. The van der Waals surface area contributed by atoms with Crippen molar-refractivity contribution in [2.24, 2.45) is 0 Å². The Bertz CT molecular complexity index is 347. The fraction of sp³-hybridized carbons (Fsp3) is 0.667. The van der Waals surface area contributed by atoms with Crippen molar-refractivity contribution in [3.63, 3.8) is 0 Å². The van der Waals surface area contributed by atoms with Gasteiger partial charge in [0.15, 0.2) is 5.76 Å². The summed E-state index contributed by atoms with van der Waals surface area (Å²) >= 11 is 0. The number of aromatic nitrogens is 1. The molecular formula is C12H20N2O2. The van der Waals surface area contributed by atoms with Gasteiger partial charge in [-0.3, -0.25) is 4.79 Å². The lowest BCUT2D eigenvalue weighted by atomic mass is 10.1. The predicted octanol–water partition coefficient (Wildman–Crippen LogP) is 2.69. The monoisotopic (exact) mass is 224 g/mol. The Morgan fingerprint density at radius 2 is 2.25 bits per heavy atom. The Balaban J connectivity index is 0.000000606. The van der Waals surface area contributed by atoms with E-state index in [2.05, 4.69) is 5.16 Å². The van der Waals surface area contributed by atoms with Gasteiger partial charge >= 0.3 is 0 Å². The summed E-state index contributed by atoms with van der Waals surface area (Å²) in [5.41, 5.74) is 0.871. The Labute approximate surface area is 96.6 Å². The first kappa shape index (κ1) is 12.7. The van der Waals surface area contributed by atoms with Crippen LogP contribution >= 0.6 is 0 Å². The summed E-state index contributed by atoms with van der Waals surface area (Å²) in [5, 5.41) is 3.84. The number of nitrogens with zero attached hydrogens (tertiary/aromatic N) is 2. The van der Waals surface area contributed by atoms with E-state index in [-0.39, 0.29) is 11.9 Å². The Morgan fingerprint density at radius 1 is 1.56 bits per heavy atom. The third-order valence-corrected chi connectivity index (χ3v) is 2.63. The van der Waals surface area contributed by atoms with Crippen LogP contribution in [0.5, 0.6) is 0 Å². The molecule has 0 radical (unpaired) electrons. The van der Waals surface area contributed by atoms with E-state index in [1.807, 2.05) is 31.7 Å². The van der Waals surface area contributed by atoms with Gasteiger partial charge in [0, 0.05) is 19.5 Å². The van der Waals surface area contributed by atoms with Gasteiger partial charge in [0.05, 0.1) is 11.7 Å². The van der Waals surface area contributed by atoms with Crippen molar-refractivity contribution in [2.75, 3.05) is 6.54 Å². The van der Waals surface area contributed by atoms with Crippen LogP contribution in [0.3, 0.4) is 0 Å². The second-order valence-corrected chi connectivity index (χ2v) is 3.74. The summed E-state index contributed by atoms with van der Waals surface area (Å²) in [6.45, 7) is 8.32. The van der Waals surface area contributed by atoms with E-state index in [0.29, 0.717) is 0 Å². The highest BCUT2D eigenvalue weighted by Crippen LogP contribution is 2.31. The summed E-state index contributed by atoms with van der Waals surface area (Å²) in [5.74, 6) is 0.928. The van der Waals surface area contributed by atoms with Crippen molar-refractivity contribution in [3.8, 4) is 0 Å². The minimum Gasteiger partial charge on any atom is -0.359 e. The summed E-state index contributed by atoms with van der Waals surface area (Å²) in [4.78, 5) is 13.1. The number of carbonyl (C=O) groups excluding carboxylic acids is 1. The lowest BCUT2D eigenvalue weighted by Crippen LogP contribution is -2.27. The molecule has 1 atom stereocenters. The second-order valence-electron chi connectivity index (χ2n) is 3.74. The number of rotatable bonds is 1. The lowest BCUT2D eigenvalue weighted by Gasteiger charge is -2.20. The number of likely N-dealkylation sites (tertiary alicyclic amines) is 1. The van der Waals surface area contributed by atoms with Crippen LogP contribution < -0.4 is 0 Å². The summed E-state index contributed by atoms with van der Waals surface area (Å²) in [7, 11) is 0. The number of aryl methyl sites for hydroxylation is 1. The Morgan fingerprint density at radius 3 is 2.75 bits per heavy atom. The minimum atomic E-state index is 0.105. The molecule has 1 aromatic heterocycles. The van der Waals surface area contributed by atoms with E-state index in [9.17, 15) is 4.79 Å². The molecule has 1 unspecified atom stereocenters. The second kappa shape index (κ2) is 5.68. The van der Waals surface area contributed by atoms with Gasteiger partial charge in [-0.25, -0.2) is 0 Å². The van der Waals surface area contributed by atoms with Crippen LogP contribution in [0.15, 0.2) is 10.6 Å². The average Bonchev–Trinajstić information content (AvgIpc) is 2.88. The van der Waals surface area contributed by atoms with Gasteiger partial charge in [-0.15, -0.1) is 0 Å². The maximum absolute atomic E-state index is 11.3. The molecule has 0 saturated carbocycles. The molecular weight excluding hydrogens is 204 g/mol. The first-order chi connectivity index (χ1) is 7.68. The third kappa shape index (κ3) is 2.62. The standard InChI is InChI=1S/C10H14N2O2.C2H6/c1-7-6-10(14-11-7)9-4-3-5-12(9)8(2)13;1-2/h6,9H,3-5H2,1-2H3;1-2H3. The van der Waals surface area contributed by atoms with Gasteiger partial charge in [0.25, 0.3) is 0 Å². The minimum absolute atomic E-state index is 0.105. The van der Waals surface area contributed by atoms with Crippen molar-refractivity contribution in [2.45, 2.75) is 46.6 Å². The average molecular weight is 224 g/mol. The van der Waals surface area contributed by atoms with Crippen molar-refractivity contribution in [1.29, 1.82) is 0 Å². The maximum Gasteiger partial charge on any atom is 0.220 e. The topological polar surface area (TPSA) is 46.3 Å². The molecule has 1 aliphatic heterocycles. The van der Waals surface area contributed by atoms with Crippen molar-refractivity contribution in [3.05, 3.63) is 17.5 Å². The molecule has 16 heavy (non-hydrogen) atoms. The molecule has 0 bridgehead atoms. The quantitative estimate of drug-likeness (QED) is 0.736. The van der Waals surface area contributed by atoms with Crippen LogP contribution in [0.2, 0.25) is 0 Å². The van der Waals surface area contributed by atoms with Crippen molar-refractivity contribution >= 4 is 5.91 Å². The van der Waals surface area contributed by atoms with Crippen LogP contribution in [0.1, 0.15) is 51.1 Å². The first-order valence-corrected chi connectivity index (χ1v) is 5.89. The van der Waals surface area contributed by atoms with E-state index in [0.717, 1.165) is 30.8 Å². The van der Waals surface area contributed by atoms with Crippen LogP contribution in [0.25, 0.3) is 0 Å². The molecule has 0 spiro atoms. The summed E-state index contributed by atoms with van der Waals surface area (Å²) < 4.78 is 5.18. The van der Waals surface area contributed by atoms with Gasteiger partial charge in [0.2, 0.25) is 5.91 Å². The first-order valence-electron chi connectivity index (χ1n) is 5.89. The molecule has 0 N–H and O–H groups in total. The molecule has 2 heterocycles. The van der Waals surface area contributed by atoms with E-state index >= 15 is 0 Å². The highest BCUT2D eigenvalue weighted by Gasteiger charge is 2.30. The van der Waals surface area contributed by atoms with Gasteiger partial charge in [-0.1, -0.05) is 19.0 Å². The fourth-order valence-corrected chi connectivity index (χ4v) is 1.98. The SMILES string of the molecule is CC.CC(=O)N1CCCC1c1cc(C)no1. The molecule has 1 fully saturated rings. The van der Waals surface area contributed by atoms with Gasteiger partial charge in [-0.05, 0) is 19.8 Å². The molecule has 90 valence electrons. The third-order valence-electron chi connectivity index (χ3n) is 2.63. The highest BCUT2D eigenvalue weighted by atomic mass is 16.5. The molecule has 1 aromatic rings. The van der Waals surface area contributed by atoms with E-state index in [4.69, 9.17) is 4.52 Å². The van der Waals surface area contributed by atoms with E-state index in [1.165, 1.54) is 0 Å². The molecule has 1 aliphatic rings. The molecule has 1 amide bonds. The zero-order chi connectivity index (χ0) is 12.1. The predicted molar refractivity (Wildman–Crippen MR) is 62.0 cm³/mol. The maximum atomic E-state index is 11.3. The smallest absolute Gasteiger partial charge is 0.220 e. The molecule has 0 aromatic carbocycles. The molecule has 4 heteroatoms. The van der Waals surface area contributed by atoms with Gasteiger partial charge < -0.3 is 9.42 Å². The lowest BCUT2D eigenvalue weighted by molar-refractivity contribution is -0.130. The Hall–Kier alpha value is -1.32. The number of amides is 1. The van der Waals surface area contributed by atoms with E-state index in [1.54, 1.807) is 6.92 Å². The van der Waals surface area contributed by atoms with Gasteiger partial charge in [0.1, 0.15) is 0 Å². The molecule has 4 nitrogen and oxygen atoms in total. The van der Waals surface area contributed by atoms with Crippen molar-refractivity contribution < 1.29 is 9.32 Å². The number of hydrogen-bond acceptors (Lipinski definition) is 3. The van der Waals surface area contributed by atoms with Crippen molar-refractivity contribution in [1.82, 2.24) is 10.1 Å². The summed E-state index contributed by atoms with van der Waals surface area (Å²) in [6, 6.07) is 2.01. The molecule has 1 saturated heterocycles. The molecule has 2 rings (SSSR count). The van der Waals surface area contributed by atoms with Crippen LogP contribution in [0.4, 0.5) is 0 Å². The largest absolute Gasteiger partial charge is 0.359 e. The van der Waals surface area contributed by atoms with Gasteiger partial charge in [-0.2, -0.15) is 0 Å². The molecule has 0 aliphatic carbocycles. The fourth-order valence-electron chi connectivity index (χ4n) is 1.98. The van der Waals surface area contributed by atoms with Crippen LogP contribution in [-0.4, -0.2) is 22.5 Å². The van der Waals surface area contributed by atoms with Crippen LogP contribution in [0, 0.1) is 6.92 Å². The highest BCUT2D eigenvalue weighted by molar-refractivity contribution is 5.74. The zero-order valence-corrected chi connectivity index (χ0v) is 10.5. The zero-order valence-electron chi connectivity index (χ0n) is 10.5.